The molecule has 5 heteroatoms. The van der Waals surface area contributed by atoms with E-state index < -0.39 is 0 Å². The van der Waals surface area contributed by atoms with Gasteiger partial charge >= 0.3 is 0 Å². The first-order chi connectivity index (χ1) is 8.88. The Labute approximate surface area is 108 Å². The minimum atomic E-state index is -0.159. The Morgan fingerprint density at radius 2 is 2.11 bits per heavy atom. The molecule has 1 aromatic heterocycles. The van der Waals surface area contributed by atoms with Gasteiger partial charge in [-0.15, -0.1) is 0 Å². The van der Waals surface area contributed by atoms with E-state index in [2.05, 4.69) is 4.98 Å². The van der Waals surface area contributed by atoms with Crippen molar-refractivity contribution in [1.29, 1.82) is 0 Å². The first kappa shape index (κ1) is 15.0. The Balaban J connectivity index is 2.13. The lowest BCUT2D eigenvalue weighted by Gasteiger charge is -2.15. The van der Waals surface area contributed by atoms with E-state index in [1.54, 1.807) is 13.3 Å². The van der Waals surface area contributed by atoms with Crippen LogP contribution >= 0.6 is 0 Å². The molecule has 102 valence electrons. The molecular formula is C13H22N2O3. The molecule has 1 aromatic rings. The summed E-state index contributed by atoms with van der Waals surface area (Å²) < 4.78 is 16.0. The standard InChI is InChI=1S/C13H22N2O3/c1-16-7-4-8-17-9-10-18-13(11-14)12-5-2-3-6-15-12/h2-3,5-6,13H,4,7-11,14H2,1H3. The monoisotopic (exact) mass is 254 g/mol. The van der Waals surface area contributed by atoms with E-state index in [4.69, 9.17) is 19.9 Å². The summed E-state index contributed by atoms with van der Waals surface area (Å²) in [5, 5.41) is 0. The van der Waals surface area contributed by atoms with E-state index in [0.717, 1.165) is 18.7 Å². The Hall–Kier alpha value is -1.01. The molecule has 1 heterocycles. The number of pyridine rings is 1. The third-order valence-electron chi connectivity index (χ3n) is 2.42. The maximum Gasteiger partial charge on any atom is 0.112 e. The number of methoxy groups -OCH3 is 1. The van der Waals surface area contributed by atoms with Gasteiger partial charge in [0.15, 0.2) is 0 Å². The Kier molecular flexibility index (Phi) is 8.33. The molecule has 18 heavy (non-hydrogen) atoms. The van der Waals surface area contributed by atoms with E-state index in [-0.39, 0.29) is 6.10 Å². The largest absolute Gasteiger partial charge is 0.385 e. The first-order valence-corrected chi connectivity index (χ1v) is 6.17. The molecule has 0 amide bonds. The van der Waals surface area contributed by atoms with Crippen LogP contribution in [0.15, 0.2) is 24.4 Å². The van der Waals surface area contributed by atoms with Gasteiger partial charge in [-0.3, -0.25) is 4.98 Å². The summed E-state index contributed by atoms with van der Waals surface area (Å²) >= 11 is 0. The highest BCUT2D eigenvalue weighted by atomic mass is 16.5. The molecule has 0 spiro atoms. The molecule has 1 atom stereocenters. The lowest BCUT2D eigenvalue weighted by atomic mass is 10.2. The number of nitrogens with two attached hydrogens (primary N) is 1. The highest BCUT2D eigenvalue weighted by molar-refractivity contribution is 5.07. The molecule has 0 bridgehead atoms. The quantitative estimate of drug-likeness (QED) is 0.634. The highest BCUT2D eigenvalue weighted by Crippen LogP contribution is 2.12. The van der Waals surface area contributed by atoms with Gasteiger partial charge in [-0.05, 0) is 18.6 Å². The number of hydrogen-bond acceptors (Lipinski definition) is 5. The number of rotatable bonds is 10. The summed E-state index contributed by atoms with van der Waals surface area (Å²) in [5.41, 5.74) is 6.52. The van der Waals surface area contributed by atoms with Crippen molar-refractivity contribution in [1.82, 2.24) is 4.98 Å². The van der Waals surface area contributed by atoms with Crippen molar-refractivity contribution in [3.63, 3.8) is 0 Å². The summed E-state index contributed by atoms with van der Waals surface area (Å²) in [6.07, 6.45) is 2.48. The lowest BCUT2D eigenvalue weighted by Crippen LogP contribution is -2.19. The third kappa shape index (κ3) is 6.07. The van der Waals surface area contributed by atoms with Gasteiger partial charge in [0, 0.05) is 33.1 Å². The van der Waals surface area contributed by atoms with Gasteiger partial charge in [0.25, 0.3) is 0 Å². The van der Waals surface area contributed by atoms with Crippen LogP contribution < -0.4 is 5.73 Å². The van der Waals surface area contributed by atoms with Crippen molar-refractivity contribution in [3.8, 4) is 0 Å². The predicted octanol–water partition coefficient (Wildman–Crippen LogP) is 1.15. The molecule has 0 aliphatic heterocycles. The molecular weight excluding hydrogens is 232 g/mol. The fourth-order valence-corrected chi connectivity index (χ4v) is 1.50. The van der Waals surface area contributed by atoms with Gasteiger partial charge in [-0.25, -0.2) is 0 Å². The van der Waals surface area contributed by atoms with Crippen LogP contribution in [0, 0.1) is 0 Å². The lowest BCUT2D eigenvalue weighted by molar-refractivity contribution is 0.00235. The van der Waals surface area contributed by atoms with Crippen molar-refractivity contribution in [2.45, 2.75) is 12.5 Å². The molecule has 0 aromatic carbocycles. The second-order valence-corrected chi connectivity index (χ2v) is 3.81. The number of hydrogen-bond donors (Lipinski definition) is 1. The predicted molar refractivity (Wildman–Crippen MR) is 69.3 cm³/mol. The third-order valence-corrected chi connectivity index (χ3v) is 2.42. The van der Waals surface area contributed by atoms with E-state index >= 15 is 0 Å². The van der Waals surface area contributed by atoms with Crippen molar-refractivity contribution in [3.05, 3.63) is 30.1 Å². The summed E-state index contributed by atoms with van der Waals surface area (Å²) in [6.45, 7) is 2.91. The zero-order chi connectivity index (χ0) is 13.1. The number of nitrogens with zero attached hydrogens (tertiary/aromatic N) is 1. The number of aromatic nitrogens is 1. The van der Waals surface area contributed by atoms with Gasteiger partial charge in [-0.1, -0.05) is 6.07 Å². The topological polar surface area (TPSA) is 66.6 Å². The van der Waals surface area contributed by atoms with Gasteiger partial charge in [0.05, 0.1) is 18.9 Å². The van der Waals surface area contributed by atoms with Gasteiger partial charge in [-0.2, -0.15) is 0 Å². The fourth-order valence-electron chi connectivity index (χ4n) is 1.50. The molecule has 0 aliphatic carbocycles. The van der Waals surface area contributed by atoms with Crippen molar-refractivity contribution in [2.75, 3.05) is 40.1 Å². The normalized spacial score (nSPS) is 12.6. The zero-order valence-corrected chi connectivity index (χ0v) is 10.9. The Bertz CT molecular complexity index is 296. The molecule has 0 fully saturated rings. The molecule has 0 saturated carbocycles. The van der Waals surface area contributed by atoms with E-state index in [1.165, 1.54) is 0 Å². The van der Waals surface area contributed by atoms with Crippen LogP contribution in [0.2, 0.25) is 0 Å². The van der Waals surface area contributed by atoms with Gasteiger partial charge < -0.3 is 19.9 Å². The molecule has 0 aliphatic rings. The van der Waals surface area contributed by atoms with Crippen LogP contribution in [-0.2, 0) is 14.2 Å². The summed E-state index contributed by atoms with van der Waals surface area (Å²) in [7, 11) is 1.68. The zero-order valence-electron chi connectivity index (χ0n) is 10.9. The number of ether oxygens (including phenoxy) is 3. The van der Waals surface area contributed by atoms with Gasteiger partial charge in [0.1, 0.15) is 6.10 Å². The molecule has 5 nitrogen and oxygen atoms in total. The van der Waals surface area contributed by atoms with Crippen LogP contribution in [0.4, 0.5) is 0 Å². The second kappa shape index (κ2) is 9.96. The fraction of sp³-hybridized carbons (Fsp3) is 0.615. The summed E-state index contributed by atoms with van der Waals surface area (Å²) in [4.78, 5) is 4.23. The molecule has 0 saturated heterocycles. The molecule has 2 N–H and O–H groups in total. The van der Waals surface area contributed by atoms with Gasteiger partial charge in [0.2, 0.25) is 0 Å². The Morgan fingerprint density at radius 3 is 2.78 bits per heavy atom. The van der Waals surface area contributed by atoms with Crippen molar-refractivity contribution in [2.24, 2.45) is 5.73 Å². The van der Waals surface area contributed by atoms with E-state index in [1.807, 2.05) is 18.2 Å². The van der Waals surface area contributed by atoms with Crippen LogP contribution in [0.3, 0.4) is 0 Å². The minimum absolute atomic E-state index is 0.159. The summed E-state index contributed by atoms with van der Waals surface area (Å²) in [5.74, 6) is 0. The average Bonchev–Trinajstić information content (AvgIpc) is 2.43. The molecule has 1 rings (SSSR count). The minimum Gasteiger partial charge on any atom is -0.385 e. The van der Waals surface area contributed by atoms with E-state index in [9.17, 15) is 0 Å². The van der Waals surface area contributed by atoms with Crippen LogP contribution in [-0.4, -0.2) is 45.1 Å². The summed E-state index contributed by atoms with van der Waals surface area (Å²) in [6, 6.07) is 5.71. The first-order valence-electron chi connectivity index (χ1n) is 6.17. The van der Waals surface area contributed by atoms with Crippen LogP contribution in [0.1, 0.15) is 18.2 Å². The Morgan fingerprint density at radius 1 is 1.22 bits per heavy atom. The van der Waals surface area contributed by atoms with Crippen LogP contribution in [0.25, 0.3) is 0 Å². The van der Waals surface area contributed by atoms with E-state index in [0.29, 0.717) is 26.4 Å². The van der Waals surface area contributed by atoms with Crippen LogP contribution in [0.5, 0.6) is 0 Å². The maximum atomic E-state index is 5.66. The second-order valence-electron chi connectivity index (χ2n) is 3.81. The molecule has 1 unspecified atom stereocenters. The highest BCUT2D eigenvalue weighted by Gasteiger charge is 2.10. The molecule has 0 radical (unpaired) electrons. The average molecular weight is 254 g/mol. The maximum absolute atomic E-state index is 5.66. The smallest absolute Gasteiger partial charge is 0.112 e. The van der Waals surface area contributed by atoms with Crippen molar-refractivity contribution >= 4 is 0 Å². The van der Waals surface area contributed by atoms with Crippen molar-refractivity contribution < 1.29 is 14.2 Å². The SMILES string of the molecule is COCCCOCCOC(CN)c1ccccn1.